The average molecular weight is 389 g/mol. The number of carbonyl (C=O) groups is 1. The molecule has 0 N–H and O–H groups in total. The lowest BCUT2D eigenvalue weighted by Gasteiger charge is -2.37. The van der Waals surface area contributed by atoms with E-state index in [-0.39, 0.29) is 11.9 Å². The largest absolute Gasteiger partial charge is 0.341 e. The van der Waals surface area contributed by atoms with Gasteiger partial charge in [0.2, 0.25) is 17.6 Å². The molecule has 0 bridgehead atoms. The van der Waals surface area contributed by atoms with E-state index in [1.54, 1.807) is 6.20 Å². The number of amides is 1. The molecule has 0 radical (unpaired) electrons. The highest BCUT2D eigenvalue weighted by Gasteiger charge is 2.35. The number of carbonyl (C=O) groups excluding carboxylic acids is 1. The van der Waals surface area contributed by atoms with E-state index in [9.17, 15) is 4.79 Å². The molecule has 1 aromatic carbocycles. The van der Waals surface area contributed by atoms with Crippen molar-refractivity contribution < 1.29 is 9.32 Å². The van der Waals surface area contributed by atoms with Gasteiger partial charge in [0.1, 0.15) is 5.69 Å². The Labute approximate surface area is 169 Å². The van der Waals surface area contributed by atoms with Crippen LogP contribution in [0.25, 0.3) is 11.5 Å². The molecule has 1 fully saturated rings. The predicted octanol–water partition coefficient (Wildman–Crippen LogP) is 2.68. The minimum Gasteiger partial charge on any atom is -0.341 e. The van der Waals surface area contributed by atoms with Crippen molar-refractivity contribution in [3.8, 4) is 11.5 Å². The summed E-state index contributed by atoms with van der Waals surface area (Å²) in [6.07, 6.45) is 4.60. The number of hydrogen-bond donors (Lipinski definition) is 0. The summed E-state index contributed by atoms with van der Waals surface area (Å²) in [5, 5.41) is 4.07. The van der Waals surface area contributed by atoms with Gasteiger partial charge in [0.05, 0.1) is 12.6 Å². The van der Waals surface area contributed by atoms with Crippen molar-refractivity contribution in [2.45, 2.75) is 38.4 Å². The van der Waals surface area contributed by atoms with E-state index in [0.717, 1.165) is 25.9 Å². The second-order valence-electron chi connectivity index (χ2n) is 7.65. The number of rotatable bonds is 4. The molecule has 2 aliphatic heterocycles. The molecule has 1 saturated heterocycles. The minimum atomic E-state index is -0.201. The van der Waals surface area contributed by atoms with E-state index in [0.29, 0.717) is 36.9 Å². The lowest BCUT2D eigenvalue weighted by molar-refractivity contribution is -0.137. The minimum absolute atomic E-state index is 0.201. The molecule has 3 aromatic rings. The van der Waals surface area contributed by atoms with E-state index in [2.05, 4.69) is 32.2 Å². The standard InChI is InChI=1S/C22H23N5O2/c28-22(26-11-5-6-12-26)19-13-16-7-1-2-8-17(16)14-27(19)15-20-24-21(25-29-20)18-9-3-4-10-23-18/h1-4,7-10,19H,5-6,11-15H2/t19-/m0/s1. The molecular formula is C22H23N5O2. The molecule has 2 aliphatic rings. The van der Waals surface area contributed by atoms with Crippen LogP contribution in [0.2, 0.25) is 0 Å². The van der Waals surface area contributed by atoms with Crippen molar-refractivity contribution in [3.63, 3.8) is 0 Å². The van der Waals surface area contributed by atoms with Crippen molar-refractivity contribution in [2.24, 2.45) is 0 Å². The van der Waals surface area contributed by atoms with Crippen LogP contribution in [0.3, 0.4) is 0 Å². The van der Waals surface area contributed by atoms with Crippen LogP contribution >= 0.6 is 0 Å². The zero-order chi connectivity index (χ0) is 19.6. The van der Waals surface area contributed by atoms with Gasteiger partial charge >= 0.3 is 0 Å². The maximum Gasteiger partial charge on any atom is 0.241 e. The van der Waals surface area contributed by atoms with Crippen molar-refractivity contribution in [2.75, 3.05) is 13.1 Å². The van der Waals surface area contributed by atoms with Crippen molar-refractivity contribution >= 4 is 5.91 Å². The summed E-state index contributed by atoms with van der Waals surface area (Å²) in [4.78, 5) is 26.2. The summed E-state index contributed by atoms with van der Waals surface area (Å²) in [5.74, 6) is 1.19. The maximum absolute atomic E-state index is 13.2. The molecule has 1 amide bonds. The zero-order valence-electron chi connectivity index (χ0n) is 16.2. The highest BCUT2D eigenvalue weighted by Crippen LogP contribution is 2.27. The fourth-order valence-electron chi connectivity index (χ4n) is 4.23. The Bertz CT molecular complexity index is 997. The number of pyridine rings is 1. The zero-order valence-corrected chi connectivity index (χ0v) is 16.2. The molecule has 0 aliphatic carbocycles. The lowest BCUT2D eigenvalue weighted by atomic mass is 9.93. The van der Waals surface area contributed by atoms with Crippen LogP contribution in [0, 0.1) is 0 Å². The van der Waals surface area contributed by atoms with Gasteiger partial charge in [-0.2, -0.15) is 4.98 Å². The van der Waals surface area contributed by atoms with Crippen LogP contribution in [0.5, 0.6) is 0 Å². The molecule has 148 valence electrons. The van der Waals surface area contributed by atoms with Gasteiger partial charge in [-0.3, -0.25) is 14.7 Å². The molecule has 0 spiro atoms. The van der Waals surface area contributed by atoms with Gasteiger partial charge in [-0.15, -0.1) is 0 Å². The number of benzene rings is 1. The van der Waals surface area contributed by atoms with Crippen LogP contribution < -0.4 is 0 Å². The Kier molecular flexibility index (Phi) is 4.81. The van der Waals surface area contributed by atoms with Gasteiger partial charge in [0.15, 0.2) is 0 Å². The summed E-state index contributed by atoms with van der Waals surface area (Å²) >= 11 is 0. The Morgan fingerprint density at radius 2 is 1.86 bits per heavy atom. The normalized spacial score (nSPS) is 19.3. The first-order valence-corrected chi connectivity index (χ1v) is 10.1. The van der Waals surface area contributed by atoms with E-state index in [1.165, 1.54) is 11.1 Å². The number of hydrogen-bond acceptors (Lipinski definition) is 6. The van der Waals surface area contributed by atoms with Crippen molar-refractivity contribution in [1.82, 2.24) is 24.9 Å². The van der Waals surface area contributed by atoms with Gasteiger partial charge in [-0.05, 0) is 42.5 Å². The highest BCUT2D eigenvalue weighted by atomic mass is 16.5. The van der Waals surface area contributed by atoms with Crippen LogP contribution in [0.1, 0.15) is 29.9 Å². The Hall–Kier alpha value is -3.06. The van der Waals surface area contributed by atoms with Crippen LogP contribution in [0.4, 0.5) is 0 Å². The molecule has 1 atom stereocenters. The summed E-state index contributed by atoms with van der Waals surface area (Å²) in [7, 11) is 0. The van der Waals surface area contributed by atoms with E-state index in [1.807, 2.05) is 35.2 Å². The molecule has 7 heteroatoms. The van der Waals surface area contributed by atoms with Gasteiger partial charge in [-0.1, -0.05) is 35.5 Å². The summed E-state index contributed by atoms with van der Waals surface area (Å²) in [5.41, 5.74) is 3.18. The van der Waals surface area contributed by atoms with Crippen LogP contribution in [0.15, 0.2) is 53.2 Å². The number of aromatic nitrogens is 3. The first-order valence-electron chi connectivity index (χ1n) is 10.1. The van der Waals surface area contributed by atoms with Crippen molar-refractivity contribution in [3.05, 3.63) is 65.7 Å². The molecule has 5 rings (SSSR count). The first-order chi connectivity index (χ1) is 14.3. The molecular weight excluding hydrogens is 366 g/mol. The van der Waals surface area contributed by atoms with Crippen LogP contribution in [-0.4, -0.2) is 50.0 Å². The Morgan fingerprint density at radius 1 is 1.07 bits per heavy atom. The molecule has 0 saturated carbocycles. The highest BCUT2D eigenvalue weighted by molar-refractivity contribution is 5.82. The van der Waals surface area contributed by atoms with E-state index < -0.39 is 0 Å². The van der Waals surface area contributed by atoms with E-state index >= 15 is 0 Å². The average Bonchev–Trinajstić information content (AvgIpc) is 3.46. The smallest absolute Gasteiger partial charge is 0.241 e. The van der Waals surface area contributed by atoms with E-state index in [4.69, 9.17) is 4.52 Å². The lowest BCUT2D eigenvalue weighted by Crippen LogP contribution is -2.50. The third-order valence-corrected chi connectivity index (χ3v) is 5.75. The fraction of sp³-hybridized carbons (Fsp3) is 0.364. The van der Waals surface area contributed by atoms with Gasteiger partial charge < -0.3 is 9.42 Å². The van der Waals surface area contributed by atoms with Gasteiger partial charge in [0, 0.05) is 25.8 Å². The third kappa shape index (κ3) is 3.65. The molecule has 0 unspecified atom stereocenters. The molecule has 7 nitrogen and oxygen atoms in total. The second-order valence-corrected chi connectivity index (χ2v) is 7.65. The Morgan fingerprint density at radius 3 is 2.66 bits per heavy atom. The summed E-state index contributed by atoms with van der Waals surface area (Å²) in [6.45, 7) is 2.85. The second kappa shape index (κ2) is 7.75. The quantitative estimate of drug-likeness (QED) is 0.683. The Balaban J connectivity index is 1.40. The predicted molar refractivity (Wildman–Crippen MR) is 107 cm³/mol. The monoisotopic (exact) mass is 389 g/mol. The number of likely N-dealkylation sites (tertiary alicyclic amines) is 1. The molecule has 29 heavy (non-hydrogen) atoms. The number of nitrogens with zero attached hydrogens (tertiary/aromatic N) is 5. The van der Waals surface area contributed by atoms with Crippen LogP contribution in [-0.2, 0) is 24.3 Å². The topological polar surface area (TPSA) is 75.4 Å². The summed E-state index contributed by atoms with van der Waals surface area (Å²) in [6, 6.07) is 13.7. The molecule has 2 aromatic heterocycles. The summed E-state index contributed by atoms with van der Waals surface area (Å²) < 4.78 is 5.50. The van der Waals surface area contributed by atoms with Gasteiger partial charge in [0.25, 0.3) is 0 Å². The first kappa shape index (κ1) is 18.0. The maximum atomic E-state index is 13.2. The number of fused-ring (bicyclic) bond motifs is 1. The molecule has 4 heterocycles. The third-order valence-electron chi connectivity index (χ3n) is 5.75. The fourth-order valence-corrected chi connectivity index (χ4v) is 4.23. The SMILES string of the molecule is O=C([C@@H]1Cc2ccccc2CN1Cc1nc(-c2ccccn2)no1)N1CCCC1. The van der Waals surface area contributed by atoms with Crippen molar-refractivity contribution in [1.29, 1.82) is 0 Å². The van der Waals surface area contributed by atoms with Gasteiger partial charge in [-0.25, -0.2) is 0 Å².